The number of hydrogen-bond acceptors (Lipinski definition) is 4. The largest absolute Gasteiger partial charge is 0.465 e. The van der Waals surface area contributed by atoms with Gasteiger partial charge in [0.25, 0.3) is 0 Å². The van der Waals surface area contributed by atoms with Crippen LogP contribution < -0.4 is 5.32 Å². The van der Waals surface area contributed by atoms with E-state index in [1.165, 1.54) is 12.8 Å². The van der Waals surface area contributed by atoms with Gasteiger partial charge in [-0.05, 0) is 37.7 Å². The molecule has 2 aliphatic rings. The minimum atomic E-state index is -0.404. The SMILES string of the molecule is CCOC(=O)C(NC1CCOC1C1CC1)c1ccccc1. The number of rotatable bonds is 6. The fourth-order valence-electron chi connectivity index (χ4n) is 3.06. The molecule has 0 amide bonds. The molecule has 1 aromatic rings. The van der Waals surface area contributed by atoms with Crippen molar-refractivity contribution in [1.82, 2.24) is 5.32 Å². The number of ether oxygens (including phenoxy) is 2. The van der Waals surface area contributed by atoms with Gasteiger partial charge in [0.15, 0.2) is 0 Å². The fourth-order valence-corrected chi connectivity index (χ4v) is 3.06. The molecular formula is C17H23NO3. The summed E-state index contributed by atoms with van der Waals surface area (Å²) < 4.78 is 11.1. The summed E-state index contributed by atoms with van der Waals surface area (Å²) in [6.07, 6.45) is 3.71. The first kappa shape index (κ1) is 14.5. The van der Waals surface area contributed by atoms with Crippen LogP contribution in [0.2, 0.25) is 0 Å². The van der Waals surface area contributed by atoms with Gasteiger partial charge in [-0.25, -0.2) is 4.79 Å². The zero-order valence-electron chi connectivity index (χ0n) is 12.5. The maximum atomic E-state index is 12.3. The first-order valence-electron chi connectivity index (χ1n) is 7.89. The standard InChI is InChI=1S/C17H23NO3/c1-2-20-17(19)15(12-6-4-3-5-7-12)18-14-10-11-21-16(14)13-8-9-13/h3-7,13-16,18H,2,8-11H2,1H3. The highest BCUT2D eigenvalue weighted by Gasteiger charge is 2.42. The maximum absolute atomic E-state index is 12.3. The molecule has 4 heteroatoms. The van der Waals surface area contributed by atoms with Crippen molar-refractivity contribution in [3.63, 3.8) is 0 Å². The number of carbonyl (C=O) groups excluding carboxylic acids is 1. The van der Waals surface area contributed by atoms with Gasteiger partial charge in [0, 0.05) is 12.6 Å². The van der Waals surface area contributed by atoms with Gasteiger partial charge in [0.05, 0.1) is 12.7 Å². The van der Waals surface area contributed by atoms with Crippen LogP contribution in [0.15, 0.2) is 30.3 Å². The van der Waals surface area contributed by atoms with E-state index >= 15 is 0 Å². The Hall–Kier alpha value is -1.39. The number of esters is 1. The Morgan fingerprint density at radius 2 is 2.10 bits per heavy atom. The fraction of sp³-hybridized carbons (Fsp3) is 0.588. The second kappa shape index (κ2) is 6.58. The molecule has 0 spiro atoms. The minimum Gasteiger partial charge on any atom is -0.465 e. The van der Waals surface area contributed by atoms with E-state index in [0.717, 1.165) is 18.6 Å². The Balaban J connectivity index is 1.74. The van der Waals surface area contributed by atoms with Gasteiger partial charge < -0.3 is 9.47 Å². The van der Waals surface area contributed by atoms with Gasteiger partial charge in [-0.1, -0.05) is 30.3 Å². The van der Waals surface area contributed by atoms with Gasteiger partial charge in [-0.2, -0.15) is 0 Å². The molecule has 4 nitrogen and oxygen atoms in total. The normalized spacial score (nSPS) is 26.5. The van der Waals surface area contributed by atoms with Crippen LogP contribution in [-0.2, 0) is 14.3 Å². The van der Waals surface area contributed by atoms with Crippen LogP contribution >= 0.6 is 0 Å². The summed E-state index contributed by atoms with van der Waals surface area (Å²) in [5.74, 6) is 0.466. The second-order valence-electron chi connectivity index (χ2n) is 5.83. The van der Waals surface area contributed by atoms with Gasteiger partial charge >= 0.3 is 5.97 Å². The molecule has 114 valence electrons. The lowest BCUT2D eigenvalue weighted by Gasteiger charge is -2.25. The maximum Gasteiger partial charge on any atom is 0.327 e. The topological polar surface area (TPSA) is 47.6 Å². The molecule has 21 heavy (non-hydrogen) atoms. The van der Waals surface area contributed by atoms with Crippen molar-refractivity contribution in [2.24, 2.45) is 5.92 Å². The molecule has 2 fully saturated rings. The highest BCUT2D eigenvalue weighted by atomic mass is 16.5. The molecule has 3 rings (SSSR count). The van der Waals surface area contributed by atoms with Crippen molar-refractivity contribution in [1.29, 1.82) is 0 Å². The Labute approximate surface area is 125 Å². The number of carbonyl (C=O) groups is 1. The van der Waals surface area contributed by atoms with Gasteiger partial charge in [0.2, 0.25) is 0 Å². The van der Waals surface area contributed by atoms with Crippen LogP contribution in [0.3, 0.4) is 0 Å². The van der Waals surface area contributed by atoms with E-state index in [0.29, 0.717) is 12.5 Å². The quantitative estimate of drug-likeness (QED) is 0.817. The van der Waals surface area contributed by atoms with Crippen molar-refractivity contribution < 1.29 is 14.3 Å². The molecule has 0 radical (unpaired) electrons. The van der Waals surface area contributed by atoms with Crippen LogP contribution in [0.5, 0.6) is 0 Å². The summed E-state index contributed by atoms with van der Waals surface area (Å²) in [5, 5.41) is 3.49. The summed E-state index contributed by atoms with van der Waals surface area (Å²) in [4.78, 5) is 12.3. The average molecular weight is 289 g/mol. The van der Waals surface area contributed by atoms with Crippen LogP contribution in [0.1, 0.15) is 37.8 Å². The van der Waals surface area contributed by atoms with Crippen molar-refractivity contribution in [2.45, 2.75) is 44.4 Å². The zero-order valence-corrected chi connectivity index (χ0v) is 12.5. The van der Waals surface area contributed by atoms with E-state index in [9.17, 15) is 4.79 Å². The lowest BCUT2D eigenvalue weighted by atomic mass is 10.0. The molecule has 1 aliphatic heterocycles. The molecule has 0 bridgehead atoms. The summed E-state index contributed by atoms with van der Waals surface area (Å²) >= 11 is 0. The van der Waals surface area contributed by atoms with Crippen molar-refractivity contribution in [3.05, 3.63) is 35.9 Å². The molecule has 1 aromatic carbocycles. The van der Waals surface area contributed by atoms with Gasteiger partial charge in [0.1, 0.15) is 6.04 Å². The molecule has 1 N–H and O–H groups in total. The third-order valence-electron chi connectivity index (χ3n) is 4.26. The zero-order chi connectivity index (χ0) is 14.7. The van der Waals surface area contributed by atoms with E-state index in [2.05, 4.69) is 5.32 Å². The van der Waals surface area contributed by atoms with Crippen molar-refractivity contribution in [3.8, 4) is 0 Å². The smallest absolute Gasteiger partial charge is 0.327 e. The summed E-state index contributed by atoms with van der Waals surface area (Å²) in [6.45, 7) is 3.02. The number of nitrogens with one attached hydrogen (secondary N) is 1. The Kier molecular flexibility index (Phi) is 4.56. The molecule has 1 saturated carbocycles. The van der Waals surface area contributed by atoms with Crippen LogP contribution in [-0.4, -0.2) is 31.3 Å². The van der Waals surface area contributed by atoms with E-state index in [1.54, 1.807) is 0 Å². The monoisotopic (exact) mass is 289 g/mol. The van der Waals surface area contributed by atoms with Gasteiger partial charge in [-0.15, -0.1) is 0 Å². The predicted molar refractivity (Wildman–Crippen MR) is 79.8 cm³/mol. The lowest BCUT2D eigenvalue weighted by Crippen LogP contribution is -2.43. The molecule has 3 atom stereocenters. The van der Waals surface area contributed by atoms with E-state index in [4.69, 9.17) is 9.47 Å². The van der Waals surface area contributed by atoms with E-state index in [-0.39, 0.29) is 18.1 Å². The lowest BCUT2D eigenvalue weighted by molar-refractivity contribution is -0.146. The van der Waals surface area contributed by atoms with E-state index < -0.39 is 6.04 Å². The highest BCUT2D eigenvalue weighted by Crippen LogP contribution is 2.39. The van der Waals surface area contributed by atoms with E-state index in [1.807, 2.05) is 37.3 Å². The second-order valence-corrected chi connectivity index (χ2v) is 5.83. The first-order chi connectivity index (χ1) is 10.3. The first-order valence-corrected chi connectivity index (χ1v) is 7.89. The minimum absolute atomic E-state index is 0.204. The number of benzene rings is 1. The molecule has 3 unspecified atom stereocenters. The summed E-state index contributed by atoms with van der Waals surface area (Å²) in [5.41, 5.74) is 0.956. The molecule has 0 aromatic heterocycles. The predicted octanol–water partition coefficient (Wildman–Crippen LogP) is 2.45. The molecular weight excluding hydrogens is 266 g/mol. The molecule has 1 aliphatic carbocycles. The molecule has 1 heterocycles. The van der Waals surface area contributed by atoms with Crippen molar-refractivity contribution in [2.75, 3.05) is 13.2 Å². The average Bonchev–Trinajstić information content (AvgIpc) is 3.25. The summed E-state index contributed by atoms with van der Waals surface area (Å²) in [7, 11) is 0. The molecule has 1 saturated heterocycles. The summed E-state index contributed by atoms with van der Waals surface area (Å²) in [6, 6.07) is 9.63. The Morgan fingerprint density at radius 3 is 2.76 bits per heavy atom. The van der Waals surface area contributed by atoms with Gasteiger partial charge in [-0.3, -0.25) is 5.32 Å². The van der Waals surface area contributed by atoms with Crippen LogP contribution in [0, 0.1) is 5.92 Å². The number of hydrogen-bond donors (Lipinski definition) is 1. The Morgan fingerprint density at radius 1 is 1.33 bits per heavy atom. The van der Waals surface area contributed by atoms with Crippen molar-refractivity contribution >= 4 is 5.97 Å². The Bertz CT molecular complexity index is 472. The van der Waals surface area contributed by atoms with Crippen LogP contribution in [0.25, 0.3) is 0 Å². The van der Waals surface area contributed by atoms with Crippen LogP contribution in [0.4, 0.5) is 0 Å². The highest BCUT2D eigenvalue weighted by molar-refractivity contribution is 5.77. The third kappa shape index (κ3) is 3.44. The third-order valence-corrected chi connectivity index (χ3v) is 4.26.